The van der Waals surface area contributed by atoms with Crippen molar-refractivity contribution in [1.29, 1.82) is 0 Å². The van der Waals surface area contributed by atoms with Gasteiger partial charge in [-0.1, -0.05) is 6.07 Å². The lowest BCUT2D eigenvalue weighted by molar-refractivity contribution is 0.616. The van der Waals surface area contributed by atoms with E-state index in [2.05, 4.69) is 10.2 Å². The van der Waals surface area contributed by atoms with Crippen LogP contribution < -0.4 is 10.2 Å². The predicted octanol–water partition coefficient (Wildman–Crippen LogP) is 2.10. The van der Waals surface area contributed by atoms with Gasteiger partial charge in [0.25, 0.3) is 0 Å². The Labute approximate surface area is 100 Å². The minimum Gasteiger partial charge on any atom is -0.368 e. The quantitative estimate of drug-likeness (QED) is 0.871. The van der Waals surface area contributed by atoms with Gasteiger partial charge in [-0.2, -0.15) is 11.8 Å². The molecular weight excluding hydrogens is 223 g/mol. The van der Waals surface area contributed by atoms with E-state index in [0.29, 0.717) is 6.54 Å². The Morgan fingerprint density at radius 3 is 2.75 bits per heavy atom. The minimum atomic E-state index is -0.0975. The minimum absolute atomic E-state index is 0.0975. The summed E-state index contributed by atoms with van der Waals surface area (Å²) in [4.78, 5) is 2.13. The van der Waals surface area contributed by atoms with Gasteiger partial charge >= 0.3 is 0 Å². The van der Waals surface area contributed by atoms with Crippen molar-refractivity contribution in [3.8, 4) is 0 Å². The molecule has 1 heterocycles. The van der Waals surface area contributed by atoms with E-state index in [-0.39, 0.29) is 5.82 Å². The molecule has 0 amide bonds. The van der Waals surface area contributed by atoms with Crippen molar-refractivity contribution in [3.63, 3.8) is 0 Å². The fraction of sp³-hybridized carbons (Fsp3) is 0.500. The van der Waals surface area contributed by atoms with Crippen LogP contribution in [0.1, 0.15) is 5.56 Å². The first-order valence-electron chi connectivity index (χ1n) is 5.57. The molecule has 1 N–H and O–H groups in total. The first kappa shape index (κ1) is 11.7. The first-order valence-corrected chi connectivity index (χ1v) is 6.72. The van der Waals surface area contributed by atoms with Gasteiger partial charge < -0.3 is 10.2 Å². The Morgan fingerprint density at radius 2 is 2.12 bits per heavy atom. The third kappa shape index (κ3) is 2.68. The van der Waals surface area contributed by atoms with Crippen LogP contribution in [0.4, 0.5) is 10.1 Å². The number of nitrogens with zero attached hydrogens (tertiary/aromatic N) is 1. The molecule has 4 heteroatoms. The van der Waals surface area contributed by atoms with Crippen molar-refractivity contribution in [2.75, 3.05) is 36.5 Å². The number of hydrogen-bond acceptors (Lipinski definition) is 3. The second kappa shape index (κ2) is 5.55. The van der Waals surface area contributed by atoms with Crippen molar-refractivity contribution in [3.05, 3.63) is 29.6 Å². The summed E-state index contributed by atoms with van der Waals surface area (Å²) in [5.41, 5.74) is 1.75. The summed E-state index contributed by atoms with van der Waals surface area (Å²) < 4.78 is 13.9. The normalized spacial score (nSPS) is 16.5. The van der Waals surface area contributed by atoms with Gasteiger partial charge in [0, 0.05) is 31.1 Å². The lowest BCUT2D eigenvalue weighted by atomic mass is 10.2. The van der Waals surface area contributed by atoms with Crippen LogP contribution in [0.25, 0.3) is 0 Å². The van der Waals surface area contributed by atoms with Crippen LogP contribution >= 0.6 is 11.8 Å². The summed E-state index contributed by atoms with van der Waals surface area (Å²) in [5, 5.41) is 3.03. The van der Waals surface area contributed by atoms with E-state index in [9.17, 15) is 4.39 Å². The third-order valence-corrected chi connectivity index (χ3v) is 3.69. The Morgan fingerprint density at radius 1 is 1.38 bits per heavy atom. The molecule has 2 nitrogen and oxygen atoms in total. The summed E-state index contributed by atoms with van der Waals surface area (Å²) in [6.45, 7) is 2.62. The monoisotopic (exact) mass is 240 g/mol. The molecule has 1 aromatic rings. The van der Waals surface area contributed by atoms with Crippen LogP contribution in [0.15, 0.2) is 18.2 Å². The zero-order chi connectivity index (χ0) is 11.4. The van der Waals surface area contributed by atoms with E-state index < -0.39 is 0 Å². The summed E-state index contributed by atoms with van der Waals surface area (Å²) >= 11 is 1.94. The molecule has 2 rings (SSSR count). The van der Waals surface area contributed by atoms with Gasteiger partial charge in [0.2, 0.25) is 0 Å². The fourth-order valence-corrected chi connectivity index (χ4v) is 2.83. The van der Waals surface area contributed by atoms with Crippen LogP contribution in [0.5, 0.6) is 0 Å². The molecule has 0 aromatic heterocycles. The summed E-state index contributed by atoms with van der Waals surface area (Å²) in [6, 6.07) is 5.53. The topological polar surface area (TPSA) is 15.3 Å². The maximum atomic E-state index is 13.9. The lowest BCUT2D eigenvalue weighted by Crippen LogP contribution is -2.33. The van der Waals surface area contributed by atoms with Gasteiger partial charge in [0.15, 0.2) is 0 Å². The van der Waals surface area contributed by atoms with Crippen LogP contribution in [0.2, 0.25) is 0 Å². The zero-order valence-electron chi connectivity index (χ0n) is 9.50. The Kier molecular flexibility index (Phi) is 4.07. The SMILES string of the molecule is CNCc1ccc(N2CCSCC2)c(F)c1. The van der Waals surface area contributed by atoms with Crippen LogP contribution in [-0.2, 0) is 6.54 Å². The highest BCUT2D eigenvalue weighted by molar-refractivity contribution is 7.99. The Bertz CT molecular complexity index is 351. The number of nitrogens with one attached hydrogen (secondary N) is 1. The first-order chi connectivity index (χ1) is 7.81. The molecule has 0 saturated carbocycles. The van der Waals surface area contributed by atoms with Crippen LogP contribution in [0.3, 0.4) is 0 Å². The van der Waals surface area contributed by atoms with E-state index >= 15 is 0 Å². The second-order valence-corrected chi connectivity index (χ2v) is 5.14. The highest BCUT2D eigenvalue weighted by Crippen LogP contribution is 2.23. The summed E-state index contributed by atoms with van der Waals surface area (Å²) in [5.74, 6) is 2.09. The van der Waals surface area contributed by atoms with Gasteiger partial charge in [-0.3, -0.25) is 0 Å². The van der Waals surface area contributed by atoms with Gasteiger partial charge in [0.05, 0.1) is 5.69 Å². The highest BCUT2D eigenvalue weighted by atomic mass is 32.2. The Hall–Kier alpha value is -0.740. The van der Waals surface area contributed by atoms with E-state index in [1.165, 1.54) is 0 Å². The summed E-state index contributed by atoms with van der Waals surface area (Å²) in [6.07, 6.45) is 0. The van der Waals surface area contributed by atoms with Crippen molar-refractivity contribution in [2.24, 2.45) is 0 Å². The predicted molar refractivity (Wildman–Crippen MR) is 68.7 cm³/mol. The zero-order valence-corrected chi connectivity index (χ0v) is 10.3. The standard InChI is InChI=1S/C12H17FN2S/c1-14-9-10-2-3-12(11(13)8-10)15-4-6-16-7-5-15/h2-3,8,14H,4-7,9H2,1H3. The molecule has 1 saturated heterocycles. The maximum absolute atomic E-state index is 13.9. The van der Waals surface area contributed by atoms with E-state index in [4.69, 9.17) is 0 Å². The van der Waals surface area contributed by atoms with Crippen molar-refractivity contribution in [1.82, 2.24) is 5.32 Å². The molecule has 0 unspecified atom stereocenters. The molecule has 1 fully saturated rings. The third-order valence-electron chi connectivity index (χ3n) is 2.74. The Balaban J connectivity index is 2.14. The lowest BCUT2D eigenvalue weighted by Gasteiger charge is -2.28. The van der Waals surface area contributed by atoms with E-state index in [1.807, 2.05) is 30.9 Å². The molecule has 16 heavy (non-hydrogen) atoms. The van der Waals surface area contributed by atoms with Crippen molar-refractivity contribution < 1.29 is 4.39 Å². The number of halogens is 1. The van der Waals surface area contributed by atoms with Gasteiger partial charge in [-0.15, -0.1) is 0 Å². The van der Waals surface area contributed by atoms with Gasteiger partial charge in [-0.05, 0) is 24.7 Å². The smallest absolute Gasteiger partial charge is 0.146 e. The molecule has 88 valence electrons. The molecule has 0 radical (unpaired) electrons. The summed E-state index contributed by atoms with van der Waals surface area (Å²) in [7, 11) is 1.87. The molecule has 0 spiro atoms. The maximum Gasteiger partial charge on any atom is 0.146 e. The van der Waals surface area contributed by atoms with Crippen LogP contribution in [0, 0.1) is 5.82 Å². The second-order valence-electron chi connectivity index (χ2n) is 3.92. The fourth-order valence-electron chi connectivity index (χ4n) is 1.93. The number of rotatable bonds is 3. The average Bonchev–Trinajstić information content (AvgIpc) is 2.31. The largest absolute Gasteiger partial charge is 0.368 e. The molecule has 1 aromatic carbocycles. The molecule has 0 bridgehead atoms. The average molecular weight is 240 g/mol. The number of hydrogen-bond donors (Lipinski definition) is 1. The van der Waals surface area contributed by atoms with Crippen LogP contribution in [-0.4, -0.2) is 31.6 Å². The van der Waals surface area contributed by atoms with Gasteiger partial charge in [-0.25, -0.2) is 4.39 Å². The molecule has 0 aliphatic carbocycles. The van der Waals surface area contributed by atoms with Crippen molar-refractivity contribution >= 4 is 17.4 Å². The molecule has 1 aliphatic heterocycles. The highest BCUT2D eigenvalue weighted by Gasteiger charge is 2.14. The number of anilines is 1. The molecule has 0 atom stereocenters. The van der Waals surface area contributed by atoms with E-state index in [0.717, 1.165) is 35.8 Å². The number of thioether (sulfide) groups is 1. The van der Waals surface area contributed by atoms with E-state index in [1.54, 1.807) is 6.07 Å². The molecular formula is C12H17FN2S. The van der Waals surface area contributed by atoms with Gasteiger partial charge in [0.1, 0.15) is 5.82 Å². The number of benzene rings is 1. The van der Waals surface area contributed by atoms with Crippen molar-refractivity contribution in [2.45, 2.75) is 6.54 Å². The molecule has 1 aliphatic rings.